The van der Waals surface area contributed by atoms with Crippen molar-refractivity contribution in [3.8, 4) is 23.0 Å². The fourth-order valence-corrected chi connectivity index (χ4v) is 5.12. The quantitative estimate of drug-likeness (QED) is 0.647. The van der Waals surface area contributed by atoms with Gasteiger partial charge in [-0.25, -0.2) is 0 Å². The zero-order chi connectivity index (χ0) is 22.4. The number of Topliss-reactive ketones (excluding diaryl/α,β-unsaturated/α-hetero) is 1. The fraction of sp³-hybridized carbons (Fsp3) is 0.440. The first-order valence-corrected chi connectivity index (χ1v) is 10.6. The lowest BCUT2D eigenvalue weighted by atomic mass is 9.64. The van der Waals surface area contributed by atoms with E-state index < -0.39 is 0 Å². The van der Waals surface area contributed by atoms with Crippen LogP contribution < -0.4 is 18.9 Å². The van der Waals surface area contributed by atoms with Crippen LogP contribution in [0.25, 0.3) is 0 Å². The molecule has 0 spiro atoms. The minimum atomic E-state index is -0.376. The van der Waals surface area contributed by atoms with Gasteiger partial charge in [-0.3, -0.25) is 4.79 Å². The molecule has 34 heavy (non-hydrogen) atoms. The molecule has 2 aromatic rings. The number of oxime groups is 1. The number of carbonyl (C=O) groups is 1. The Morgan fingerprint density at radius 2 is 1.91 bits per heavy atom. The predicted octanol–water partition coefficient (Wildman–Crippen LogP) is 3.52. The van der Waals surface area contributed by atoms with E-state index >= 15 is 0 Å². The van der Waals surface area contributed by atoms with Gasteiger partial charge in [0.05, 0.1) is 32.5 Å². The van der Waals surface area contributed by atoms with E-state index in [1.54, 1.807) is 7.11 Å². The average molecular weight is 469 g/mol. The van der Waals surface area contributed by atoms with Crippen LogP contribution in [0.4, 0.5) is 0 Å². The standard InChI is InChI=1S/C24H25NO7.CH4.B.H2/c1-4-17(27)22-16-10-32-25-23(16)15-8-19-18(30-11-31-19)7-14(15)21(22)12-5-13(9-26)24(29-3)20(6-12)28-2;;;/h5-8,16,21-22,26H,4,9-11H2,1-3H3;1H4;;1H/t16-,21+,22+;;;/m0.../s1/i;;;1+1. The van der Waals surface area contributed by atoms with Crippen LogP contribution in [-0.2, 0) is 16.2 Å². The summed E-state index contributed by atoms with van der Waals surface area (Å²) in [6.07, 6.45) is 0.394. The number of methoxy groups -OCH3 is 2. The SMILES string of the molecule is C.CCC(=O)[C@@H]1[C@H](c2cc(CO)c(OC)c(OC)c2)c2cc3c(cc2C2=NOC[C@H]21)OCO3.[2HH].[B]. The molecule has 9 heteroatoms. The van der Waals surface area contributed by atoms with Crippen LogP contribution >= 0.6 is 0 Å². The second-order valence-electron chi connectivity index (χ2n) is 8.07. The van der Waals surface area contributed by atoms with Gasteiger partial charge in [-0.05, 0) is 35.4 Å². The predicted molar refractivity (Wildman–Crippen MR) is 129 cm³/mol. The van der Waals surface area contributed by atoms with Gasteiger partial charge in [0.1, 0.15) is 12.4 Å². The average Bonchev–Trinajstić information content (AvgIpc) is 3.49. The first kappa shape index (κ1) is 25.4. The van der Waals surface area contributed by atoms with Crippen LogP contribution in [0.3, 0.4) is 0 Å². The van der Waals surface area contributed by atoms with Gasteiger partial charge in [0.25, 0.3) is 0 Å². The van der Waals surface area contributed by atoms with Crippen molar-refractivity contribution in [2.75, 3.05) is 27.6 Å². The summed E-state index contributed by atoms with van der Waals surface area (Å²) in [6, 6.07) is 7.62. The first-order chi connectivity index (χ1) is 15.6. The largest absolute Gasteiger partial charge is 0.493 e. The molecule has 0 amide bonds. The summed E-state index contributed by atoms with van der Waals surface area (Å²) in [4.78, 5) is 18.8. The van der Waals surface area contributed by atoms with E-state index in [0.717, 1.165) is 22.4 Å². The van der Waals surface area contributed by atoms with Crippen LogP contribution in [0.1, 0.15) is 50.4 Å². The summed E-state index contributed by atoms with van der Waals surface area (Å²) >= 11 is 0. The Kier molecular flexibility index (Phi) is 7.46. The Morgan fingerprint density at radius 3 is 2.56 bits per heavy atom. The number of hydrogen-bond donors (Lipinski definition) is 1. The Balaban J connectivity index is 0.00000144. The molecular weight excluding hydrogens is 437 g/mol. The summed E-state index contributed by atoms with van der Waals surface area (Å²) in [5.74, 6) is 1.54. The molecule has 0 saturated carbocycles. The van der Waals surface area contributed by atoms with Crippen molar-refractivity contribution in [1.29, 1.82) is 0 Å². The number of fused-ring (bicyclic) bond motifs is 4. The molecule has 181 valence electrons. The van der Waals surface area contributed by atoms with Gasteiger partial charge in [-0.1, -0.05) is 19.5 Å². The van der Waals surface area contributed by atoms with Gasteiger partial charge in [-0.15, -0.1) is 0 Å². The Labute approximate surface area is 202 Å². The van der Waals surface area contributed by atoms with Crippen LogP contribution in [0.5, 0.6) is 23.0 Å². The Bertz CT molecular complexity index is 1100. The summed E-state index contributed by atoms with van der Waals surface area (Å²) in [6.45, 7) is 2.14. The Morgan fingerprint density at radius 1 is 1.18 bits per heavy atom. The van der Waals surface area contributed by atoms with E-state index in [4.69, 9.17) is 23.8 Å². The molecular formula is C25H31BNO7. The lowest BCUT2D eigenvalue weighted by Gasteiger charge is -2.37. The van der Waals surface area contributed by atoms with Crippen molar-refractivity contribution in [3.05, 3.63) is 46.5 Å². The molecule has 0 bridgehead atoms. The van der Waals surface area contributed by atoms with Crippen molar-refractivity contribution in [2.24, 2.45) is 17.0 Å². The first-order valence-electron chi connectivity index (χ1n) is 10.6. The normalized spacial score (nSPS) is 21.2. The summed E-state index contributed by atoms with van der Waals surface area (Å²) in [5.41, 5.74) is 4.02. The van der Waals surface area contributed by atoms with E-state index in [-0.39, 0.29) is 54.2 Å². The monoisotopic (exact) mass is 469 g/mol. The fourth-order valence-electron chi connectivity index (χ4n) is 5.12. The highest BCUT2D eigenvalue weighted by molar-refractivity contribution is 6.09. The second kappa shape index (κ2) is 9.97. The molecule has 0 saturated heterocycles. The van der Waals surface area contributed by atoms with Crippen molar-refractivity contribution < 1.29 is 35.1 Å². The molecule has 0 unspecified atom stereocenters. The van der Waals surface area contributed by atoms with Crippen LogP contribution in [0.2, 0.25) is 0 Å². The Hall–Kier alpha value is -3.20. The molecule has 0 fully saturated rings. The molecule has 3 aliphatic rings. The number of ether oxygens (including phenoxy) is 4. The number of benzene rings is 2. The third kappa shape index (κ3) is 3.78. The molecule has 1 aliphatic carbocycles. The van der Waals surface area contributed by atoms with Crippen LogP contribution in [0, 0.1) is 11.8 Å². The zero-order valence-electron chi connectivity index (χ0n) is 18.8. The molecule has 1 N–H and O–H groups in total. The van der Waals surface area contributed by atoms with Crippen molar-refractivity contribution in [2.45, 2.75) is 33.3 Å². The third-order valence-electron chi connectivity index (χ3n) is 6.54. The number of nitrogens with zero attached hydrogens (tertiary/aromatic N) is 1. The molecule has 3 radical (unpaired) electrons. The van der Waals surface area contributed by atoms with Crippen LogP contribution in [0.15, 0.2) is 29.4 Å². The number of carbonyl (C=O) groups excluding carboxylic acids is 1. The summed E-state index contributed by atoms with van der Waals surface area (Å²) in [5, 5.41) is 14.3. The van der Waals surface area contributed by atoms with Gasteiger partial charge in [0.2, 0.25) is 6.79 Å². The lowest BCUT2D eigenvalue weighted by molar-refractivity contribution is -0.124. The topological polar surface area (TPSA) is 95.8 Å². The number of aliphatic hydroxyl groups is 1. The lowest BCUT2D eigenvalue weighted by Crippen LogP contribution is -2.40. The van der Waals surface area contributed by atoms with E-state index in [0.29, 0.717) is 41.6 Å². The van der Waals surface area contributed by atoms with Gasteiger partial charge in [0, 0.05) is 39.2 Å². The van der Waals surface area contributed by atoms with Gasteiger partial charge in [-0.2, -0.15) is 0 Å². The molecule has 2 heterocycles. The number of aliphatic hydroxyl groups excluding tert-OH is 1. The molecule has 8 nitrogen and oxygen atoms in total. The summed E-state index contributed by atoms with van der Waals surface area (Å²) < 4.78 is 22.3. The van der Waals surface area contributed by atoms with E-state index in [2.05, 4.69) is 5.16 Å². The molecule has 3 atom stereocenters. The number of rotatable bonds is 6. The number of hydrogen-bond acceptors (Lipinski definition) is 8. The van der Waals surface area contributed by atoms with Gasteiger partial charge >= 0.3 is 0 Å². The highest BCUT2D eigenvalue weighted by Gasteiger charge is 2.48. The maximum absolute atomic E-state index is 13.3. The molecule has 2 aliphatic heterocycles. The van der Waals surface area contributed by atoms with E-state index in [1.165, 1.54) is 7.11 Å². The maximum Gasteiger partial charge on any atom is 0.231 e. The highest BCUT2D eigenvalue weighted by atomic mass is 16.7. The van der Waals surface area contributed by atoms with E-state index in [1.807, 2.05) is 31.2 Å². The minimum absolute atomic E-state index is 0. The van der Waals surface area contributed by atoms with Crippen molar-refractivity contribution in [3.63, 3.8) is 0 Å². The zero-order valence-corrected chi connectivity index (χ0v) is 18.8. The number of ketones is 1. The molecule has 5 rings (SSSR count). The van der Waals surface area contributed by atoms with Crippen molar-refractivity contribution >= 4 is 19.9 Å². The van der Waals surface area contributed by atoms with Crippen LogP contribution in [-0.4, -0.2) is 52.6 Å². The van der Waals surface area contributed by atoms with E-state index in [9.17, 15) is 9.90 Å². The van der Waals surface area contributed by atoms with Gasteiger partial charge in [0.15, 0.2) is 23.0 Å². The molecule has 0 aromatic heterocycles. The van der Waals surface area contributed by atoms with Gasteiger partial charge < -0.3 is 28.9 Å². The highest BCUT2D eigenvalue weighted by Crippen LogP contribution is 2.51. The minimum Gasteiger partial charge on any atom is -0.493 e. The third-order valence-corrected chi connectivity index (χ3v) is 6.54. The van der Waals surface area contributed by atoms with Crippen molar-refractivity contribution in [1.82, 2.24) is 0 Å². The summed E-state index contributed by atoms with van der Waals surface area (Å²) in [7, 11) is 3.09. The molecule has 2 aromatic carbocycles. The maximum atomic E-state index is 13.3. The smallest absolute Gasteiger partial charge is 0.231 e. The second-order valence-corrected chi connectivity index (χ2v) is 8.07.